The van der Waals surface area contributed by atoms with Crippen LogP contribution in [0.3, 0.4) is 0 Å². The highest BCUT2D eigenvalue weighted by Crippen LogP contribution is 2.22. The molecule has 3 nitrogen and oxygen atoms in total. The lowest BCUT2D eigenvalue weighted by atomic mass is 10.2. The molecule has 0 aliphatic rings. The van der Waals surface area contributed by atoms with E-state index in [1.54, 1.807) is 30.3 Å². The van der Waals surface area contributed by atoms with Crippen LogP contribution in [-0.4, -0.2) is 15.6 Å². The second-order valence-electron chi connectivity index (χ2n) is 4.76. The minimum absolute atomic E-state index is 0.0841. The number of carboxylic acid groups (broad SMARTS) is 1. The third kappa shape index (κ3) is 2.50. The van der Waals surface area contributed by atoms with Crippen molar-refractivity contribution in [2.24, 2.45) is 0 Å². The van der Waals surface area contributed by atoms with Gasteiger partial charge in [-0.25, -0.2) is 13.6 Å². The fourth-order valence-corrected chi connectivity index (χ4v) is 2.44. The van der Waals surface area contributed by atoms with Crippen molar-refractivity contribution in [2.45, 2.75) is 6.54 Å². The number of fused-ring (bicyclic) bond motifs is 1. The highest BCUT2D eigenvalue weighted by molar-refractivity contribution is 5.94. The fraction of sp³-hybridized carbons (Fsp3) is 0.0625. The number of aromatic carboxylic acids is 1. The van der Waals surface area contributed by atoms with Crippen LogP contribution in [0.15, 0.2) is 48.5 Å². The summed E-state index contributed by atoms with van der Waals surface area (Å²) in [5.74, 6) is -2.44. The first-order valence-corrected chi connectivity index (χ1v) is 6.31. The van der Waals surface area contributed by atoms with Crippen molar-refractivity contribution in [3.8, 4) is 0 Å². The lowest BCUT2D eigenvalue weighted by Gasteiger charge is -2.09. The van der Waals surface area contributed by atoms with Crippen LogP contribution in [0.2, 0.25) is 0 Å². The van der Waals surface area contributed by atoms with Crippen molar-refractivity contribution in [2.75, 3.05) is 0 Å². The van der Waals surface area contributed by atoms with E-state index >= 15 is 0 Å². The Morgan fingerprint density at radius 1 is 1.05 bits per heavy atom. The lowest BCUT2D eigenvalue weighted by molar-refractivity contribution is 0.0686. The summed E-state index contributed by atoms with van der Waals surface area (Å²) < 4.78 is 28.1. The average Bonchev–Trinajstić information content (AvgIpc) is 2.77. The van der Waals surface area contributed by atoms with Crippen LogP contribution in [0.1, 0.15) is 16.1 Å². The van der Waals surface area contributed by atoms with Gasteiger partial charge in [0.15, 0.2) is 0 Å². The van der Waals surface area contributed by atoms with E-state index in [1.165, 1.54) is 16.7 Å². The van der Waals surface area contributed by atoms with Gasteiger partial charge in [-0.15, -0.1) is 0 Å². The Kier molecular flexibility index (Phi) is 3.17. The first kappa shape index (κ1) is 13.3. The first-order valence-electron chi connectivity index (χ1n) is 6.31. The molecule has 5 heteroatoms. The number of hydrogen-bond donors (Lipinski definition) is 1. The smallest absolute Gasteiger partial charge is 0.352 e. The molecule has 1 aromatic heterocycles. The maximum atomic E-state index is 13.3. The normalized spacial score (nSPS) is 11.0. The highest BCUT2D eigenvalue weighted by atomic mass is 19.1. The zero-order valence-corrected chi connectivity index (χ0v) is 10.9. The Morgan fingerprint density at radius 3 is 2.38 bits per heavy atom. The minimum Gasteiger partial charge on any atom is -0.477 e. The molecule has 3 aromatic rings. The number of hydrogen-bond acceptors (Lipinski definition) is 1. The first-order chi connectivity index (χ1) is 10.0. The molecule has 0 fully saturated rings. The molecule has 1 N–H and O–H groups in total. The number of aromatic nitrogens is 1. The maximum absolute atomic E-state index is 13.3. The summed E-state index contributed by atoms with van der Waals surface area (Å²) >= 11 is 0. The molecule has 0 saturated heterocycles. The van der Waals surface area contributed by atoms with Crippen molar-refractivity contribution in [3.05, 3.63) is 71.4 Å². The van der Waals surface area contributed by atoms with Crippen LogP contribution >= 0.6 is 0 Å². The molecule has 0 radical (unpaired) electrons. The number of carboxylic acids is 1. The molecule has 3 rings (SSSR count). The Labute approximate surface area is 119 Å². The Morgan fingerprint density at radius 2 is 1.71 bits per heavy atom. The number of rotatable bonds is 3. The van der Waals surface area contributed by atoms with E-state index in [1.807, 2.05) is 0 Å². The van der Waals surface area contributed by atoms with Gasteiger partial charge in [-0.3, -0.25) is 0 Å². The van der Waals surface area contributed by atoms with Crippen LogP contribution in [-0.2, 0) is 6.54 Å². The third-order valence-electron chi connectivity index (χ3n) is 3.29. The monoisotopic (exact) mass is 287 g/mol. The predicted octanol–water partition coefficient (Wildman–Crippen LogP) is 3.67. The summed E-state index contributed by atoms with van der Waals surface area (Å²) in [7, 11) is 0. The summed E-state index contributed by atoms with van der Waals surface area (Å²) in [4.78, 5) is 11.3. The molecule has 0 aliphatic heterocycles. The summed E-state index contributed by atoms with van der Waals surface area (Å²) in [5, 5.41) is 10.1. The van der Waals surface area contributed by atoms with Gasteiger partial charge in [0, 0.05) is 23.5 Å². The molecular formula is C16H11F2NO2. The van der Waals surface area contributed by atoms with Crippen molar-refractivity contribution < 1.29 is 18.7 Å². The van der Waals surface area contributed by atoms with E-state index in [9.17, 15) is 18.7 Å². The molecule has 0 atom stereocenters. The lowest BCUT2D eigenvalue weighted by Crippen LogP contribution is -2.09. The molecule has 0 aliphatic carbocycles. The highest BCUT2D eigenvalue weighted by Gasteiger charge is 2.15. The van der Waals surface area contributed by atoms with Crippen molar-refractivity contribution in [3.63, 3.8) is 0 Å². The molecule has 106 valence electrons. The van der Waals surface area contributed by atoms with Crippen LogP contribution in [0.25, 0.3) is 10.9 Å². The largest absolute Gasteiger partial charge is 0.477 e. The van der Waals surface area contributed by atoms with E-state index in [-0.39, 0.29) is 12.2 Å². The zero-order valence-electron chi connectivity index (χ0n) is 10.9. The second kappa shape index (κ2) is 5.01. The summed E-state index contributed by atoms with van der Waals surface area (Å²) in [6, 6.07) is 11.9. The predicted molar refractivity (Wildman–Crippen MR) is 74.4 cm³/mol. The zero-order chi connectivity index (χ0) is 15.0. The molecule has 0 amide bonds. The summed E-state index contributed by atoms with van der Waals surface area (Å²) in [6.07, 6.45) is 0. The van der Waals surface area contributed by atoms with Gasteiger partial charge in [-0.05, 0) is 29.8 Å². The van der Waals surface area contributed by atoms with E-state index < -0.39 is 17.6 Å². The van der Waals surface area contributed by atoms with Crippen LogP contribution < -0.4 is 0 Å². The topological polar surface area (TPSA) is 42.2 Å². The third-order valence-corrected chi connectivity index (χ3v) is 3.29. The van der Waals surface area contributed by atoms with Gasteiger partial charge in [0.2, 0.25) is 0 Å². The van der Waals surface area contributed by atoms with Gasteiger partial charge in [0.1, 0.15) is 17.3 Å². The number of halogens is 2. The summed E-state index contributed by atoms with van der Waals surface area (Å²) in [6.45, 7) is 0.0871. The quantitative estimate of drug-likeness (QED) is 0.798. The second-order valence-corrected chi connectivity index (χ2v) is 4.76. The molecule has 1 heterocycles. The van der Waals surface area contributed by atoms with E-state index in [0.717, 1.165) is 11.5 Å². The van der Waals surface area contributed by atoms with Gasteiger partial charge in [0.25, 0.3) is 0 Å². The Hall–Kier alpha value is -2.69. The average molecular weight is 287 g/mol. The van der Waals surface area contributed by atoms with Crippen molar-refractivity contribution >= 4 is 16.9 Å². The van der Waals surface area contributed by atoms with Crippen molar-refractivity contribution in [1.29, 1.82) is 0 Å². The van der Waals surface area contributed by atoms with E-state index in [4.69, 9.17) is 0 Å². The van der Waals surface area contributed by atoms with Gasteiger partial charge in [-0.2, -0.15) is 0 Å². The van der Waals surface area contributed by atoms with Gasteiger partial charge < -0.3 is 9.67 Å². The fourth-order valence-electron chi connectivity index (χ4n) is 2.44. The number of carbonyl (C=O) groups is 1. The molecule has 21 heavy (non-hydrogen) atoms. The van der Waals surface area contributed by atoms with Crippen molar-refractivity contribution in [1.82, 2.24) is 4.57 Å². The standard InChI is InChI=1S/C16H11F2NO2/c17-12-5-10(6-13(18)8-12)9-19-14-4-2-1-3-11(14)7-15(19)16(20)21/h1-8H,9H2,(H,20,21). The van der Waals surface area contributed by atoms with Gasteiger partial charge >= 0.3 is 5.97 Å². The minimum atomic E-state index is -1.08. The molecular weight excluding hydrogens is 276 g/mol. The maximum Gasteiger partial charge on any atom is 0.352 e. The van der Waals surface area contributed by atoms with Crippen LogP contribution in [0.4, 0.5) is 8.78 Å². The molecule has 0 unspecified atom stereocenters. The molecule has 0 spiro atoms. The molecule has 2 aromatic carbocycles. The molecule has 0 saturated carbocycles. The number of benzene rings is 2. The SMILES string of the molecule is O=C(O)c1cc2ccccc2n1Cc1cc(F)cc(F)c1. The Bertz CT molecular complexity index is 819. The van der Waals surface area contributed by atoms with Gasteiger partial charge in [0.05, 0.1) is 0 Å². The van der Waals surface area contributed by atoms with Crippen LogP contribution in [0, 0.1) is 11.6 Å². The number of para-hydroxylation sites is 1. The van der Waals surface area contributed by atoms with E-state index in [2.05, 4.69) is 0 Å². The van der Waals surface area contributed by atoms with Crippen LogP contribution in [0.5, 0.6) is 0 Å². The van der Waals surface area contributed by atoms with E-state index in [0.29, 0.717) is 11.1 Å². The van der Waals surface area contributed by atoms with Gasteiger partial charge in [-0.1, -0.05) is 18.2 Å². The number of nitrogens with zero attached hydrogens (tertiary/aromatic N) is 1. The molecule has 0 bridgehead atoms. The summed E-state index contributed by atoms with van der Waals surface area (Å²) in [5.41, 5.74) is 1.16. The Balaban J connectivity index is 2.14.